The molecule has 3 amide bonds. The number of imide groups is 1. The Balaban J connectivity index is 1.93. The number of hydrogen-bond donors (Lipinski definition) is 1. The second kappa shape index (κ2) is 6.39. The molecule has 24 heavy (non-hydrogen) atoms. The van der Waals surface area contributed by atoms with Crippen molar-refractivity contribution in [2.75, 3.05) is 4.90 Å². The summed E-state index contributed by atoms with van der Waals surface area (Å²) in [6, 6.07) is 11.8. The molecule has 1 fully saturated rings. The molecule has 2 aromatic rings. The molecule has 1 aliphatic heterocycles. The van der Waals surface area contributed by atoms with Crippen LogP contribution in [0.4, 0.5) is 10.5 Å². The van der Waals surface area contributed by atoms with Crippen molar-refractivity contribution in [1.29, 1.82) is 0 Å². The molecule has 1 atom stereocenters. The Bertz CT molecular complexity index is 823. The van der Waals surface area contributed by atoms with Crippen molar-refractivity contribution in [2.24, 2.45) is 0 Å². The van der Waals surface area contributed by atoms with Gasteiger partial charge in [-0.15, -0.1) is 0 Å². The third-order valence-corrected chi connectivity index (χ3v) is 4.74. The van der Waals surface area contributed by atoms with Crippen LogP contribution in [0.1, 0.15) is 12.5 Å². The highest BCUT2D eigenvalue weighted by Crippen LogP contribution is 2.31. The summed E-state index contributed by atoms with van der Waals surface area (Å²) < 4.78 is 0.916. The molecular formula is C17H13BrCl2N2O2. The molecular weight excluding hydrogens is 415 g/mol. The number of benzene rings is 2. The van der Waals surface area contributed by atoms with Crippen LogP contribution in [-0.2, 0) is 11.2 Å². The van der Waals surface area contributed by atoms with Crippen LogP contribution < -0.4 is 10.2 Å². The first-order chi connectivity index (χ1) is 11.3. The van der Waals surface area contributed by atoms with Gasteiger partial charge < -0.3 is 5.32 Å². The second-order valence-electron chi connectivity index (χ2n) is 5.84. The highest BCUT2D eigenvalue weighted by molar-refractivity contribution is 9.10. The Morgan fingerprint density at radius 2 is 1.79 bits per heavy atom. The molecule has 0 saturated carbocycles. The highest BCUT2D eigenvalue weighted by Gasteiger charge is 2.48. The zero-order valence-corrected chi connectivity index (χ0v) is 15.7. The van der Waals surface area contributed by atoms with Crippen molar-refractivity contribution in [3.63, 3.8) is 0 Å². The molecule has 4 nitrogen and oxygen atoms in total. The van der Waals surface area contributed by atoms with E-state index in [0.717, 1.165) is 14.9 Å². The van der Waals surface area contributed by atoms with E-state index in [-0.39, 0.29) is 5.91 Å². The van der Waals surface area contributed by atoms with Crippen molar-refractivity contribution in [1.82, 2.24) is 5.32 Å². The van der Waals surface area contributed by atoms with Gasteiger partial charge in [0.05, 0.1) is 5.69 Å². The van der Waals surface area contributed by atoms with Gasteiger partial charge in [-0.25, -0.2) is 9.69 Å². The standard InChI is InChI=1S/C17H13BrCl2N2O2/c1-17(9-10-3-2-4-11(18)5-10)15(23)22(16(24)21-17)14-7-12(19)6-13(20)8-14/h2-8H,9H2,1H3,(H,21,24). The Kier molecular flexibility index (Phi) is 4.60. The molecule has 0 aromatic heterocycles. The van der Waals surface area contributed by atoms with E-state index in [4.69, 9.17) is 23.2 Å². The van der Waals surface area contributed by atoms with Crippen LogP contribution in [0.2, 0.25) is 10.0 Å². The first-order valence-corrected chi connectivity index (χ1v) is 8.71. The third kappa shape index (κ3) is 3.29. The maximum absolute atomic E-state index is 12.9. The van der Waals surface area contributed by atoms with Crippen LogP contribution in [0, 0.1) is 0 Å². The van der Waals surface area contributed by atoms with Gasteiger partial charge in [0.2, 0.25) is 0 Å². The zero-order chi connectivity index (χ0) is 17.5. The van der Waals surface area contributed by atoms with Crippen molar-refractivity contribution >= 4 is 56.8 Å². The van der Waals surface area contributed by atoms with E-state index < -0.39 is 11.6 Å². The van der Waals surface area contributed by atoms with Crippen LogP contribution in [0.3, 0.4) is 0 Å². The largest absolute Gasteiger partial charge is 0.329 e. The number of carbonyl (C=O) groups excluding carboxylic acids is 2. The van der Waals surface area contributed by atoms with Crippen LogP contribution in [0.25, 0.3) is 0 Å². The Labute approximate surface area is 157 Å². The van der Waals surface area contributed by atoms with Crippen LogP contribution >= 0.6 is 39.1 Å². The number of anilines is 1. The lowest BCUT2D eigenvalue weighted by atomic mass is 9.93. The van der Waals surface area contributed by atoms with E-state index in [2.05, 4.69) is 21.2 Å². The van der Waals surface area contributed by atoms with Crippen LogP contribution in [0.15, 0.2) is 46.9 Å². The Morgan fingerprint density at radius 3 is 2.42 bits per heavy atom. The van der Waals surface area contributed by atoms with Gasteiger partial charge in [0.25, 0.3) is 5.91 Å². The first kappa shape index (κ1) is 17.3. The average molecular weight is 428 g/mol. The minimum Gasteiger partial charge on any atom is -0.323 e. The molecule has 1 unspecified atom stereocenters. The van der Waals surface area contributed by atoms with Gasteiger partial charge in [0.1, 0.15) is 5.54 Å². The summed E-state index contributed by atoms with van der Waals surface area (Å²) in [5.41, 5.74) is 0.256. The molecule has 0 aliphatic carbocycles. The fourth-order valence-corrected chi connectivity index (χ4v) is 3.72. The lowest BCUT2D eigenvalue weighted by molar-refractivity contribution is -0.121. The fraction of sp³-hybridized carbons (Fsp3) is 0.176. The SMILES string of the molecule is CC1(Cc2cccc(Br)c2)NC(=O)N(c2cc(Cl)cc(Cl)c2)C1=O. The summed E-state index contributed by atoms with van der Waals surface area (Å²) in [6.45, 7) is 1.71. The molecule has 2 aromatic carbocycles. The van der Waals surface area contributed by atoms with Crippen molar-refractivity contribution in [2.45, 2.75) is 18.9 Å². The summed E-state index contributed by atoms with van der Waals surface area (Å²) in [6.07, 6.45) is 0.377. The molecule has 1 saturated heterocycles. The number of urea groups is 1. The molecule has 0 spiro atoms. The minimum absolute atomic E-state index is 0.342. The predicted octanol–water partition coefficient (Wildman–Crippen LogP) is 4.81. The predicted molar refractivity (Wildman–Crippen MR) is 98.7 cm³/mol. The smallest absolute Gasteiger partial charge is 0.323 e. The molecule has 124 valence electrons. The maximum Gasteiger partial charge on any atom is 0.329 e. The second-order valence-corrected chi connectivity index (χ2v) is 7.63. The van der Waals surface area contributed by atoms with Crippen molar-refractivity contribution in [3.05, 3.63) is 62.5 Å². The minimum atomic E-state index is -1.04. The lowest BCUT2D eigenvalue weighted by Crippen LogP contribution is -2.46. The summed E-state index contributed by atoms with van der Waals surface area (Å²) in [5, 5.41) is 3.49. The van der Waals surface area contributed by atoms with Gasteiger partial charge in [-0.3, -0.25) is 4.79 Å². The highest BCUT2D eigenvalue weighted by atomic mass is 79.9. The molecule has 7 heteroatoms. The lowest BCUT2D eigenvalue weighted by Gasteiger charge is -2.22. The number of carbonyl (C=O) groups is 2. The fourth-order valence-electron chi connectivity index (χ4n) is 2.76. The Hall–Kier alpha value is -1.56. The summed E-state index contributed by atoms with van der Waals surface area (Å²) in [7, 11) is 0. The van der Waals surface area contributed by atoms with Crippen molar-refractivity contribution < 1.29 is 9.59 Å². The molecule has 1 heterocycles. The molecule has 3 rings (SSSR count). The van der Waals surface area contributed by atoms with E-state index in [9.17, 15) is 9.59 Å². The normalized spacial score (nSPS) is 20.4. The maximum atomic E-state index is 12.9. The van der Waals surface area contributed by atoms with E-state index in [1.165, 1.54) is 12.1 Å². The number of halogens is 3. The van der Waals surface area contributed by atoms with E-state index >= 15 is 0 Å². The number of rotatable bonds is 3. The number of amides is 3. The van der Waals surface area contributed by atoms with Gasteiger partial charge in [-0.1, -0.05) is 51.3 Å². The molecule has 1 aliphatic rings. The summed E-state index contributed by atoms with van der Waals surface area (Å²) >= 11 is 15.4. The number of nitrogens with one attached hydrogen (secondary N) is 1. The zero-order valence-electron chi connectivity index (χ0n) is 12.6. The van der Waals surface area contributed by atoms with E-state index in [1.807, 2.05) is 24.3 Å². The van der Waals surface area contributed by atoms with Gasteiger partial charge in [-0.05, 0) is 42.8 Å². The Morgan fingerprint density at radius 1 is 1.12 bits per heavy atom. The molecule has 0 bridgehead atoms. The van der Waals surface area contributed by atoms with Crippen LogP contribution in [0.5, 0.6) is 0 Å². The van der Waals surface area contributed by atoms with Gasteiger partial charge in [0.15, 0.2) is 0 Å². The van der Waals surface area contributed by atoms with Gasteiger partial charge in [0, 0.05) is 20.9 Å². The first-order valence-electron chi connectivity index (χ1n) is 7.16. The molecule has 0 radical (unpaired) electrons. The van der Waals surface area contributed by atoms with Crippen molar-refractivity contribution in [3.8, 4) is 0 Å². The topological polar surface area (TPSA) is 49.4 Å². The summed E-state index contributed by atoms with van der Waals surface area (Å²) in [4.78, 5) is 26.4. The van der Waals surface area contributed by atoms with E-state index in [1.54, 1.807) is 13.0 Å². The number of nitrogens with zero attached hydrogens (tertiary/aromatic N) is 1. The number of hydrogen-bond acceptors (Lipinski definition) is 2. The molecule has 1 N–H and O–H groups in total. The third-order valence-electron chi connectivity index (χ3n) is 3.81. The van der Waals surface area contributed by atoms with Gasteiger partial charge in [-0.2, -0.15) is 0 Å². The quantitative estimate of drug-likeness (QED) is 0.714. The van der Waals surface area contributed by atoms with Crippen LogP contribution in [-0.4, -0.2) is 17.5 Å². The monoisotopic (exact) mass is 426 g/mol. The average Bonchev–Trinajstić information content (AvgIpc) is 2.67. The van der Waals surface area contributed by atoms with Gasteiger partial charge >= 0.3 is 6.03 Å². The van der Waals surface area contributed by atoms with E-state index in [0.29, 0.717) is 22.2 Å². The summed E-state index contributed by atoms with van der Waals surface area (Å²) in [5.74, 6) is -0.342.